The first-order valence-electron chi connectivity index (χ1n) is 7.15. The number of halogens is 1. The van der Waals surface area contributed by atoms with Gasteiger partial charge in [0.25, 0.3) is 0 Å². The predicted octanol–water partition coefficient (Wildman–Crippen LogP) is 4.82. The van der Waals surface area contributed by atoms with Gasteiger partial charge in [-0.3, -0.25) is 0 Å². The first kappa shape index (κ1) is 15.9. The molecule has 1 N–H and O–H groups in total. The van der Waals surface area contributed by atoms with Crippen LogP contribution in [0, 0.1) is 13.8 Å². The maximum atomic E-state index is 6.27. The lowest BCUT2D eigenvalue weighted by molar-refractivity contribution is 0.406. The number of hydrogen-bond acceptors (Lipinski definition) is 2. The number of ether oxygens (including phenoxy) is 1. The highest BCUT2D eigenvalue weighted by Gasteiger charge is 2.11. The summed E-state index contributed by atoms with van der Waals surface area (Å²) in [5.74, 6) is 0.822. The summed E-state index contributed by atoms with van der Waals surface area (Å²) in [6.45, 7) is 7.11. The lowest BCUT2D eigenvalue weighted by Gasteiger charge is -2.18. The van der Waals surface area contributed by atoms with Gasteiger partial charge in [0.1, 0.15) is 5.75 Å². The zero-order chi connectivity index (χ0) is 15.4. The van der Waals surface area contributed by atoms with Crippen LogP contribution in [0.4, 0.5) is 0 Å². The Labute approximate surface area is 132 Å². The Bertz CT molecular complexity index is 625. The standard InChI is InChI=1S/C18H22ClNO/c1-12-8-9-15(13(2)10-12)14(3)20-11-16-17(19)6-5-7-18(16)21-4/h5-10,14,20H,11H2,1-4H3. The van der Waals surface area contributed by atoms with Crippen molar-refractivity contribution >= 4 is 11.6 Å². The van der Waals surface area contributed by atoms with Crippen LogP contribution >= 0.6 is 11.6 Å². The van der Waals surface area contributed by atoms with E-state index in [9.17, 15) is 0 Å². The zero-order valence-electron chi connectivity index (χ0n) is 13.0. The highest BCUT2D eigenvalue weighted by molar-refractivity contribution is 6.31. The highest BCUT2D eigenvalue weighted by atomic mass is 35.5. The molecule has 2 aromatic rings. The Morgan fingerprint density at radius 2 is 1.95 bits per heavy atom. The molecule has 1 unspecified atom stereocenters. The summed E-state index contributed by atoms with van der Waals surface area (Å²) in [6.07, 6.45) is 0. The summed E-state index contributed by atoms with van der Waals surface area (Å²) in [7, 11) is 1.67. The third kappa shape index (κ3) is 3.78. The van der Waals surface area contributed by atoms with Crippen LogP contribution in [0.3, 0.4) is 0 Å². The molecular formula is C18H22ClNO. The van der Waals surface area contributed by atoms with Gasteiger partial charge in [0, 0.05) is 23.2 Å². The number of benzene rings is 2. The van der Waals surface area contributed by atoms with Gasteiger partial charge in [-0.05, 0) is 44.0 Å². The summed E-state index contributed by atoms with van der Waals surface area (Å²) in [5, 5.41) is 4.26. The molecule has 0 aliphatic rings. The molecule has 2 rings (SSSR count). The normalized spacial score (nSPS) is 12.2. The summed E-state index contributed by atoms with van der Waals surface area (Å²) in [4.78, 5) is 0. The van der Waals surface area contributed by atoms with Crippen molar-refractivity contribution in [1.29, 1.82) is 0 Å². The fourth-order valence-electron chi connectivity index (χ4n) is 2.58. The first-order chi connectivity index (χ1) is 10.0. The Morgan fingerprint density at radius 1 is 1.19 bits per heavy atom. The summed E-state index contributed by atoms with van der Waals surface area (Å²) >= 11 is 6.27. The van der Waals surface area contributed by atoms with Crippen LogP contribution in [0.5, 0.6) is 5.75 Å². The van der Waals surface area contributed by atoms with Crippen LogP contribution in [0.1, 0.15) is 35.2 Å². The molecular weight excluding hydrogens is 282 g/mol. The molecule has 0 amide bonds. The minimum absolute atomic E-state index is 0.256. The highest BCUT2D eigenvalue weighted by Crippen LogP contribution is 2.27. The molecule has 0 bridgehead atoms. The average molecular weight is 304 g/mol. The van der Waals surface area contributed by atoms with Crippen molar-refractivity contribution in [2.24, 2.45) is 0 Å². The van der Waals surface area contributed by atoms with E-state index in [1.807, 2.05) is 18.2 Å². The largest absolute Gasteiger partial charge is 0.496 e. The van der Waals surface area contributed by atoms with Crippen LogP contribution < -0.4 is 10.1 Å². The Balaban J connectivity index is 2.13. The molecule has 0 fully saturated rings. The molecule has 0 heterocycles. The number of rotatable bonds is 5. The lowest BCUT2D eigenvalue weighted by Crippen LogP contribution is -2.19. The maximum absolute atomic E-state index is 6.27. The van der Waals surface area contributed by atoms with E-state index in [2.05, 4.69) is 44.3 Å². The molecule has 0 spiro atoms. The van der Waals surface area contributed by atoms with Crippen molar-refractivity contribution in [1.82, 2.24) is 5.32 Å². The summed E-state index contributed by atoms with van der Waals surface area (Å²) in [5.41, 5.74) is 4.90. The van der Waals surface area contributed by atoms with Crippen LogP contribution in [0.15, 0.2) is 36.4 Å². The third-order valence-electron chi connectivity index (χ3n) is 3.77. The zero-order valence-corrected chi connectivity index (χ0v) is 13.8. The quantitative estimate of drug-likeness (QED) is 0.855. The van der Waals surface area contributed by atoms with Crippen LogP contribution in [0.2, 0.25) is 5.02 Å². The third-order valence-corrected chi connectivity index (χ3v) is 4.13. The van der Waals surface area contributed by atoms with Crippen molar-refractivity contribution in [3.8, 4) is 5.75 Å². The van der Waals surface area contributed by atoms with Crippen LogP contribution in [-0.4, -0.2) is 7.11 Å². The van der Waals surface area contributed by atoms with E-state index in [4.69, 9.17) is 16.3 Å². The minimum Gasteiger partial charge on any atom is -0.496 e. The second kappa shape index (κ2) is 6.97. The van der Waals surface area contributed by atoms with Gasteiger partial charge >= 0.3 is 0 Å². The summed E-state index contributed by atoms with van der Waals surface area (Å²) < 4.78 is 5.38. The van der Waals surface area contributed by atoms with E-state index < -0.39 is 0 Å². The average Bonchev–Trinajstić information content (AvgIpc) is 2.45. The van der Waals surface area contributed by atoms with E-state index in [-0.39, 0.29) is 6.04 Å². The van der Waals surface area contributed by atoms with Crippen LogP contribution in [-0.2, 0) is 6.54 Å². The predicted molar refractivity (Wildman–Crippen MR) is 89.2 cm³/mol. The van der Waals surface area contributed by atoms with Crippen molar-refractivity contribution < 1.29 is 4.74 Å². The molecule has 0 saturated heterocycles. The van der Waals surface area contributed by atoms with E-state index >= 15 is 0 Å². The minimum atomic E-state index is 0.256. The van der Waals surface area contributed by atoms with E-state index in [1.54, 1.807) is 7.11 Å². The number of methoxy groups -OCH3 is 1. The molecule has 0 radical (unpaired) electrons. The van der Waals surface area contributed by atoms with Gasteiger partial charge in [0.15, 0.2) is 0 Å². The molecule has 2 nitrogen and oxygen atoms in total. The second-order valence-electron chi connectivity index (χ2n) is 5.38. The number of hydrogen-bond donors (Lipinski definition) is 1. The van der Waals surface area contributed by atoms with E-state index in [1.165, 1.54) is 16.7 Å². The number of aryl methyl sites for hydroxylation is 2. The SMILES string of the molecule is COc1cccc(Cl)c1CNC(C)c1ccc(C)cc1C. The van der Waals surface area contributed by atoms with Gasteiger partial charge in [-0.15, -0.1) is 0 Å². The van der Waals surface area contributed by atoms with E-state index in [0.29, 0.717) is 6.54 Å². The molecule has 21 heavy (non-hydrogen) atoms. The van der Waals surface area contributed by atoms with Gasteiger partial charge in [-0.2, -0.15) is 0 Å². The molecule has 0 saturated carbocycles. The topological polar surface area (TPSA) is 21.3 Å². The smallest absolute Gasteiger partial charge is 0.124 e. The monoisotopic (exact) mass is 303 g/mol. The molecule has 0 aliphatic heterocycles. The summed E-state index contributed by atoms with van der Waals surface area (Å²) in [6, 6.07) is 12.5. The molecule has 2 aromatic carbocycles. The first-order valence-corrected chi connectivity index (χ1v) is 7.52. The Kier molecular flexibility index (Phi) is 5.27. The maximum Gasteiger partial charge on any atom is 0.124 e. The van der Waals surface area contributed by atoms with Gasteiger partial charge < -0.3 is 10.1 Å². The van der Waals surface area contributed by atoms with Gasteiger partial charge in [0.05, 0.1) is 7.11 Å². The lowest BCUT2D eigenvalue weighted by atomic mass is 10.00. The van der Waals surface area contributed by atoms with Gasteiger partial charge in [-0.25, -0.2) is 0 Å². The van der Waals surface area contributed by atoms with Gasteiger partial charge in [-0.1, -0.05) is 41.4 Å². The molecule has 3 heteroatoms. The molecule has 0 aliphatic carbocycles. The fourth-order valence-corrected chi connectivity index (χ4v) is 2.81. The van der Waals surface area contributed by atoms with Crippen molar-refractivity contribution in [2.75, 3.05) is 7.11 Å². The van der Waals surface area contributed by atoms with Crippen molar-refractivity contribution in [3.05, 3.63) is 63.7 Å². The van der Waals surface area contributed by atoms with Crippen LogP contribution in [0.25, 0.3) is 0 Å². The molecule has 1 atom stereocenters. The van der Waals surface area contributed by atoms with Crippen molar-refractivity contribution in [3.63, 3.8) is 0 Å². The molecule has 0 aromatic heterocycles. The number of nitrogens with one attached hydrogen (secondary N) is 1. The van der Waals surface area contributed by atoms with Gasteiger partial charge in [0.2, 0.25) is 0 Å². The van der Waals surface area contributed by atoms with Crippen molar-refractivity contribution in [2.45, 2.75) is 33.4 Å². The Morgan fingerprint density at radius 3 is 2.62 bits per heavy atom. The molecule has 112 valence electrons. The van der Waals surface area contributed by atoms with E-state index in [0.717, 1.165) is 16.3 Å². The fraction of sp³-hybridized carbons (Fsp3) is 0.333. The second-order valence-corrected chi connectivity index (χ2v) is 5.79. The Hall–Kier alpha value is -1.51.